The summed E-state index contributed by atoms with van der Waals surface area (Å²) in [4.78, 5) is 44.2. The number of amides is 2. The van der Waals surface area contributed by atoms with Crippen LogP contribution < -0.4 is 4.74 Å². The van der Waals surface area contributed by atoms with Gasteiger partial charge in [0.05, 0.1) is 30.7 Å². The van der Waals surface area contributed by atoms with Crippen molar-refractivity contribution in [3.05, 3.63) is 22.8 Å². The zero-order valence-corrected chi connectivity index (χ0v) is 17.2. The molecule has 0 bridgehead atoms. The molecule has 1 atom stereocenters. The highest BCUT2D eigenvalue weighted by molar-refractivity contribution is 6.33. The number of nitrogens with zero attached hydrogens (tertiary/aromatic N) is 3. The Morgan fingerprint density at radius 2 is 2.04 bits per heavy atom. The Kier molecular flexibility index (Phi) is 8.04. The van der Waals surface area contributed by atoms with Crippen LogP contribution in [0.15, 0.2) is 12.1 Å². The van der Waals surface area contributed by atoms with Gasteiger partial charge in [0.25, 0.3) is 5.91 Å². The number of ether oxygens (including phenoxy) is 2. The van der Waals surface area contributed by atoms with Crippen LogP contribution in [0.5, 0.6) is 5.88 Å². The molecule has 1 aliphatic rings. The third kappa shape index (κ3) is 5.58. The van der Waals surface area contributed by atoms with Crippen LogP contribution in [0, 0.1) is 5.92 Å². The van der Waals surface area contributed by atoms with Gasteiger partial charge in [-0.2, -0.15) is 0 Å². The van der Waals surface area contributed by atoms with E-state index in [9.17, 15) is 14.4 Å². The van der Waals surface area contributed by atoms with Crippen LogP contribution in [-0.2, 0) is 14.3 Å². The molecule has 1 aromatic rings. The fourth-order valence-corrected chi connectivity index (χ4v) is 3.20. The number of hydrogen-bond acceptors (Lipinski definition) is 6. The van der Waals surface area contributed by atoms with Crippen LogP contribution in [0.1, 0.15) is 37.2 Å². The van der Waals surface area contributed by atoms with Gasteiger partial charge in [0, 0.05) is 26.2 Å². The van der Waals surface area contributed by atoms with Crippen LogP contribution in [0.4, 0.5) is 0 Å². The summed E-state index contributed by atoms with van der Waals surface area (Å²) in [5, 5.41) is 0.188. The first-order valence-corrected chi connectivity index (χ1v) is 9.74. The molecule has 0 aromatic carbocycles. The van der Waals surface area contributed by atoms with E-state index in [0.717, 1.165) is 6.42 Å². The summed E-state index contributed by atoms with van der Waals surface area (Å²) >= 11 is 6.09. The lowest BCUT2D eigenvalue weighted by Crippen LogP contribution is -2.47. The maximum Gasteiger partial charge on any atom is 0.310 e. The van der Waals surface area contributed by atoms with E-state index in [1.54, 1.807) is 17.9 Å². The number of esters is 1. The normalized spacial score (nSPS) is 16.4. The molecule has 0 radical (unpaired) electrons. The molecule has 0 N–H and O–H groups in total. The van der Waals surface area contributed by atoms with Crippen LogP contribution >= 0.6 is 11.6 Å². The minimum Gasteiger partial charge on any atom is -0.478 e. The molecule has 8 nitrogen and oxygen atoms in total. The summed E-state index contributed by atoms with van der Waals surface area (Å²) in [5.74, 6) is -1.02. The molecule has 2 heterocycles. The van der Waals surface area contributed by atoms with E-state index in [2.05, 4.69) is 4.98 Å². The minimum atomic E-state index is -0.473. The van der Waals surface area contributed by atoms with Crippen molar-refractivity contribution in [1.29, 1.82) is 0 Å². The number of halogens is 1. The third-order valence-electron chi connectivity index (χ3n) is 4.43. The highest BCUT2D eigenvalue weighted by Crippen LogP contribution is 2.21. The van der Waals surface area contributed by atoms with Gasteiger partial charge in [0.2, 0.25) is 11.8 Å². The van der Waals surface area contributed by atoms with Gasteiger partial charge in [0.1, 0.15) is 0 Å². The molecule has 1 saturated heterocycles. The lowest BCUT2D eigenvalue weighted by molar-refractivity contribution is -0.151. The van der Waals surface area contributed by atoms with Crippen LogP contribution in [0.2, 0.25) is 5.02 Å². The standard InChI is InChI=1S/C19H26ClN3O5/c1-4-27-15-9-8-14(20)17(21-15)18(25)22(3)12-16(24)23-10-6-7-13(11-23)19(26)28-5-2/h8-9,13H,4-7,10-12H2,1-3H3/t13-/m1/s1. The molecule has 154 valence electrons. The number of likely N-dealkylation sites (N-methyl/N-ethyl adjacent to an activating group) is 1. The third-order valence-corrected chi connectivity index (χ3v) is 4.73. The Morgan fingerprint density at radius 3 is 2.71 bits per heavy atom. The van der Waals surface area contributed by atoms with Gasteiger partial charge in [-0.05, 0) is 32.8 Å². The van der Waals surface area contributed by atoms with Crippen molar-refractivity contribution in [2.24, 2.45) is 5.92 Å². The van der Waals surface area contributed by atoms with E-state index < -0.39 is 5.91 Å². The summed E-state index contributed by atoms with van der Waals surface area (Å²) in [7, 11) is 1.51. The maximum atomic E-state index is 12.7. The summed E-state index contributed by atoms with van der Waals surface area (Å²) in [6.45, 7) is 5.01. The van der Waals surface area contributed by atoms with Crippen LogP contribution in [0.25, 0.3) is 0 Å². The Balaban J connectivity index is 2.00. The molecule has 28 heavy (non-hydrogen) atoms. The fraction of sp³-hybridized carbons (Fsp3) is 0.579. The zero-order chi connectivity index (χ0) is 20.7. The van der Waals surface area contributed by atoms with Crippen molar-refractivity contribution in [2.45, 2.75) is 26.7 Å². The average molecular weight is 412 g/mol. The Morgan fingerprint density at radius 1 is 1.29 bits per heavy atom. The van der Waals surface area contributed by atoms with Crippen molar-refractivity contribution < 1.29 is 23.9 Å². The Bertz CT molecular complexity index is 728. The molecular weight excluding hydrogens is 386 g/mol. The summed E-state index contributed by atoms with van der Waals surface area (Å²) in [6.07, 6.45) is 1.41. The SMILES string of the molecule is CCOC(=O)[C@@H]1CCCN(C(=O)CN(C)C(=O)c2nc(OCC)ccc2Cl)C1. The van der Waals surface area contributed by atoms with E-state index in [-0.39, 0.29) is 35.1 Å². The highest BCUT2D eigenvalue weighted by atomic mass is 35.5. The number of carbonyl (C=O) groups is 3. The lowest BCUT2D eigenvalue weighted by atomic mass is 9.98. The highest BCUT2D eigenvalue weighted by Gasteiger charge is 2.30. The molecule has 0 unspecified atom stereocenters. The van der Waals surface area contributed by atoms with Gasteiger partial charge in [-0.15, -0.1) is 0 Å². The summed E-state index contributed by atoms with van der Waals surface area (Å²) in [6, 6.07) is 3.12. The van der Waals surface area contributed by atoms with Gasteiger partial charge in [0.15, 0.2) is 5.69 Å². The summed E-state index contributed by atoms with van der Waals surface area (Å²) in [5.41, 5.74) is 0.0333. The first-order valence-electron chi connectivity index (χ1n) is 9.36. The molecule has 0 spiro atoms. The number of likely N-dealkylation sites (tertiary alicyclic amines) is 1. The smallest absolute Gasteiger partial charge is 0.310 e. The average Bonchev–Trinajstić information content (AvgIpc) is 2.69. The predicted octanol–water partition coefficient (Wildman–Crippen LogP) is 2.01. The van der Waals surface area contributed by atoms with E-state index >= 15 is 0 Å². The number of rotatable bonds is 7. The molecule has 0 aliphatic carbocycles. The summed E-state index contributed by atoms with van der Waals surface area (Å²) < 4.78 is 10.4. The Hall–Kier alpha value is -2.35. The molecular formula is C19H26ClN3O5. The van der Waals surface area contributed by atoms with Crippen LogP contribution in [0.3, 0.4) is 0 Å². The van der Waals surface area contributed by atoms with Crippen LogP contribution in [-0.4, -0.2) is 72.5 Å². The van der Waals surface area contributed by atoms with Crippen molar-refractivity contribution in [1.82, 2.24) is 14.8 Å². The lowest BCUT2D eigenvalue weighted by Gasteiger charge is -2.32. The number of hydrogen-bond donors (Lipinski definition) is 0. The van der Waals surface area contributed by atoms with Gasteiger partial charge in [-0.1, -0.05) is 11.6 Å². The van der Waals surface area contributed by atoms with E-state index in [0.29, 0.717) is 38.6 Å². The topological polar surface area (TPSA) is 89.0 Å². The van der Waals surface area contributed by atoms with Gasteiger partial charge < -0.3 is 19.3 Å². The molecule has 1 aliphatic heterocycles. The quantitative estimate of drug-likeness (QED) is 0.637. The van der Waals surface area contributed by atoms with Gasteiger partial charge in [-0.25, -0.2) is 4.98 Å². The largest absolute Gasteiger partial charge is 0.478 e. The van der Waals surface area contributed by atoms with Crippen molar-refractivity contribution in [3.8, 4) is 5.88 Å². The molecule has 2 amide bonds. The predicted molar refractivity (Wildman–Crippen MR) is 103 cm³/mol. The number of pyridine rings is 1. The number of carbonyl (C=O) groups excluding carboxylic acids is 3. The minimum absolute atomic E-state index is 0.0333. The molecule has 0 saturated carbocycles. The van der Waals surface area contributed by atoms with Crippen molar-refractivity contribution >= 4 is 29.4 Å². The molecule has 1 fully saturated rings. The van der Waals surface area contributed by atoms with Crippen molar-refractivity contribution in [3.63, 3.8) is 0 Å². The molecule has 9 heteroatoms. The van der Waals surface area contributed by atoms with Gasteiger partial charge >= 0.3 is 5.97 Å². The zero-order valence-electron chi connectivity index (χ0n) is 16.4. The van der Waals surface area contributed by atoms with E-state index in [1.165, 1.54) is 18.0 Å². The van der Waals surface area contributed by atoms with Gasteiger partial charge in [-0.3, -0.25) is 14.4 Å². The fourth-order valence-electron chi connectivity index (χ4n) is 3.01. The van der Waals surface area contributed by atoms with Crippen molar-refractivity contribution in [2.75, 3.05) is 39.9 Å². The monoisotopic (exact) mass is 411 g/mol. The Labute approximate surface area is 169 Å². The first kappa shape index (κ1) is 21.9. The molecule has 2 rings (SSSR count). The molecule has 1 aromatic heterocycles. The second-order valence-corrected chi connectivity index (χ2v) is 6.91. The van der Waals surface area contributed by atoms with E-state index in [1.807, 2.05) is 6.92 Å². The number of piperidine rings is 1. The first-order chi connectivity index (χ1) is 13.4. The van der Waals surface area contributed by atoms with E-state index in [4.69, 9.17) is 21.1 Å². The maximum absolute atomic E-state index is 12.7. The number of aromatic nitrogens is 1. The second-order valence-electron chi connectivity index (χ2n) is 6.51. The second kappa shape index (κ2) is 10.3.